The van der Waals surface area contributed by atoms with E-state index in [2.05, 4.69) is 4.52 Å². The van der Waals surface area contributed by atoms with Crippen molar-refractivity contribution in [1.29, 1.82) is 0 Å². The predicted molar refractivity (Wildman–Crippen MR) is 40.0 cm³/mol. The summed E-state index contributed by atoms with van der Waals surface area (Å²) >= 11 is 0. The van der Waals surface area contributed by atoms with Crippen molar-refractivity contribution in [1.82, 2.24) is 0 Å². The maximum atomic E-state index is 10.3. The van der Waals surface area contributed by atoms with Crippen LogP contribution in [0.4, 0.5) is 0 Å². The molecule has 0 heterocycles. The highest BCUT2D eigenvalue weighted by atomic mass is 31.2. The van der Waals surface area contributed by atoms with Crippen molar-refractivity contribution < 1.29 is 18.9 Å². The van der Waals surface area contributed by atoms with Gasteiger partial charge in [0.15, 0.2) is 0 Å². The fourth-order valence-electron chi connectivity index (χ4n) is 1.38. The summed E-state index contributed by atoms with van der Waals surface area (Å²) in [5.74, 6) is 0.364. The maximum Gasteiger partial charge on any atom is 0.469 e. The second kappa shape index (κ2) is 3.68. The van der Waals surface area contributed by atoms with Gasteiger partial charge in [-0.25, -0.2) is 4.57 Å². The van der Waals surface area contributed by atoms with Crippen molar-refractivity contribution >= 4 is 7.82 Å². The van der Waals surface area contributed by atoms with Gasteiger partial charge < -0.3 is 9.79 Å². The summed E-state index contributed by atoms with van der Waals surface area (Å²) in [5, 5.41) is 0. The maximum absolute atomic E-state index is 10.3. The minimum atomic E-state index is -4.22. The highest BCUT2D eigenvalue weighted by Gasteiger charge is 2.20. The summed E-state index contributed by atoms with van der Waals surface area (Å²) < 4.78 is 14.6. The summed E-state index contributed by atoms with van der Waals surface area (Å²) in [6, 6.07) is 0. The van der Waals surface area contributed by atoms with E-state index in [0.29, 0.717) is 5.92 Å². The third-order valence-electron chi connectivity index (χ3n) is 1.95. The van der Waals surface area contributed by atoms with Crippen LogP contribution in [-0.2, 0) is 9.09 Å². The van der Waals surface area contributed by atoms with E-state index in [1.165, 1.54) is 0 Å². The lowest BCUT2D eigenvalue weighted by atomic mass is 10.1. The smallest absolute Gasteiger partial charge is 0.303 e. The molecule has 0 atom stereocenters. The molecule has 0 amide bonds. The minimum Gasteiger partial charge on any atom is -0.303 e. The molecule has 0 spiro atoms. The second-order valence-corrected chi connectivity index (χ2v) is 4.18. The molecule has 11 heavy (non-hydrogen) atoms. The number of phosphoric ester groups is 1. The molecule has 1 fully saturated rings. The van der Waals surface area contributed by atoms with Gasteiger partial charge in [-0.15, -0.1) is 0 Å². The summed E-state index contributed by atoms with van der Waals surface area (Å²) in [6.45, 7) is 0.213. The summed E-state index contributed by atoms with van der Waals surface area (Å²) in [5.41, 5.74) is 0. The van der Waals surface area contributed by atoms with Gasteiger partial charge in [0.25, 0.3) is 0 Å². The molecule has 0 aliphatic heterocycles. The first-order valence-corrected chi connectivity index (χ1v) is 5.31. The largest absolute Gasteiger partial charge is 0.469 e. The van der Waals surface area contributed by atoms with Gasteiger partial charge >= 0.3 is 7.82 Å². The first-order chi connectivity index (χ1) is 5.08. The number of rotatable bonds is 3. The Morgan fingerprint density at radius 1 is 1.36 bits per heavy atom. The Morgan fingerprint density at radius 2 is 1.91 bits per heavy atom. The zero-order valence-electron chi connectivity index (χ0n) is 6.27. The van der Waals surface area contributed by atoms with Crippen LogP contribution < -0.4 is 0 Å². The lowest BCUT2D eigenvalue weighted by molar-refractivity contribution is 0.169. The van der Waals surface area contributed by atoms with Crippen LogP contribution in [0.3, 0.4) is 0 Å². The van der Waals surface area contributed by atoms with Crippen LogP contribution in [0.15, 0.2) is 0 Å². The second-order valence-electron chi connectivity index (χ2n) is 2.94. The Hall–Kier alpha value is 0.110. The lowest BCUT2D eigenvalue weighted by Crippen LogP contribution is -2.03. The zero-order valence-corrected chi connectivity index (χ0v) is 7.17. The van der Waals surface area contributed by atoms with Crippen molar-refractivity contribution in [3.05, 3.63) is 0 Å². The Labute approximate surface area is 65.8 Å². The van der Waals surface area contributed by atoms with Gasteiger partial charge in [-0.3, -0.25) is 4.52 Å². The Bertz CT molecular complexity index is 158. The quantitative estimate of drug-likeness (QED) is 0.642. The third-order valence-corrected chi connectivity index (χ3v) is 2.44. The molecule has 1 aliphatic rings. The van der Waals surface area contributed by atoms with E-state index in [1.54, 1.807) is 0 Å². The van der Waals surface area contributed by atoms with Crippen molar-refractivity contribution in [3.8, 4) is 0 Å². The molecule has 1 aliphatic carbocycles. The zero-order chi connectivity index (χ0) is 8.32. The van der Waals surface area contributed by atoms with E-state index in [4.69, 9.17) is 9.79 Å². The van der Waals surface area contributed by atoms with E-state index >= 15 is 0 Å². The molecule has 0 radical (unpaired) electrons. The van der Waals surface area contributed by atoms with Gasteiger partial charge in [-0.1, -0.05) is 12.8 Å². The molecule has 0 aromatic heterocycles. The van der Waals surface area contributed by atoms with Gasteiger partial charge in [-0.05, 0) is 18.8 Å². The molecule has 0 aromatic rings. The average molecular weight is 180 g/mol. The third kappa shape index (κ3) is 3.87. The molecular weight excluding hydrogens is 167 g/mol. The van der Waals surface area contributed by atoms with Crippen LogP contribution in [0.1, 0.15) is 25.7 Å². The fourth-order valence-corrected chi connectivity index (χ4v) is 1.78. The molecule has 66 valence electrons. The number of hydrogen-bond donors (Lipinski definition) is 2. The van der Waals surface area contributed by atoms with Gasteiger partial charge in [0, 0.05) is 0 Å². The van der Waals surface area contributed by atoms with Crippen molar-refractivity contribution in [2.45, 2.75) is 25.7 Å². The van der Waals surface area contributed by atoms with Crippen LogP contribution >= 0.6 is 7.82 Å². The Kier molecular flexibility index (Phi) is 3.07. The van der Waals surface area contributed by atoms with Crippen LogP contribution in [0.25, 0.3) is 0 Å². The van der Waals surface area contributed by atoms with E-state index in [9.17, 15) is 4.57 Å². The van der Waals surface area contributed by atoms with Crippen molar-refractivity contribution in [2.75, 3.05) is 6.61 Å². The molecule has 0 bridgehead atoms. The van der Waals surface area contributed by atoms with Gasteiger partial charge in [0.05, 0.1) is 6.61 Å². The number of phosphoric acid groups is 1. The van der Waals surface area contributed by atoms with Crippen LogP contribution in [0, 0.1) is 5.92 Å². The van der Waals surface area contributed by atoms with Gasteiger partial charge in [0.2, 0.25) is 0 Å². The fraction of sp³-hybridized carbons (Fsp3) is 1.00. The average Bonchev–Trinajstić information content (AvgIpc) is 2.32. The van der Waals surface area contributed by atoms with E-state index < -0.39 is 7.82 Å². The lowest BCUT2D eigenvalue weighted by Gasteiger charge is -2.09. The van der Waals surface area contributed by atoms with E-state index in [0.717, 1.165) is 25.7 Å². The molecule has 5 heteroatoms. The van der Waals surface area contributed by atoms with E-state index in [1.807, 2.05) is 0 Å². The van der Waals surface area contributed by atoms with Gasteiger partial charge in [-0.2, -0.15) is 0 Å². The van der Waals surface area contributed by atoms with E-state index in [-0.39, 0.29) is 6.61 Å². The summed E-state index contributed by atoms with van der Waals surface area (Å²) in [6.07, 6.45) is 4.41. The molecule has 2 N–H and O–H groups in total. The topological polar surface area (TPSA) is 66.8 Å². The minimum absolute atomic E-state index is 0.213. The molecule has 0 aromatic carbocycles. The van der Waals surface area contributed by atoms with Crippen LogP contribution in [0.2, 0.25) is 0 Å². The van der Waals surface area contributed by atoms with Crippen LogP contribution in [0.5, 0.6) is 0 Å². The highest BCUT2D eigenvalue weighted by Crippen LogP contribution is 2.38. The molecular formula is C6H13O4P. The molecule has 0 unspecified atom stereocenters. The van der Waals surface area contributed by atoms with Crippen molar-refractivity contribution in [2.24, 2.45) is 5.92 Å². The highest BCUT2D eigenvalue weighted by molar-refractivity contribution is 7.46. The van der Waals surface area contributed by atoms with Crippen molar-refractivity contribution in [3.63, 3.8) is 0 Å². The standard InChI is InChI=1S/C6H13O4P/c7-11(8,9)10-5-6-3-1-2-4-6/h6H,1-5H2,(H2,7,8,9). The SMILES string of the molecule is O=P(O)(O)OCC1CCCC1. The Balaban J connectivity index is 2.16. The number of hydrogen-bond acceptors (Lipinski definition) is 2. The normalized spacial score (nSPS) is 20.9. The van der Waals surface area contributed by atoms with Crippen LogP contribution in [-0.4, -0.2) is 16.4 Å². The summed E-state index contributed by atoms with van der Waals surface area (Å²) in [4.78, 5) is 16.7. The Morgan fingerprint density at radius 3 is 2.36 bits per heavy atom. The molecule has 0 saturated heterocycles. The van der Waals surface area contributed by atoms with Gasteiger partial charge in [0.1, 0.15) is 0 Å². The summed E-state index contributed by atoms with van der Waals surface area (Å²) in [7, 11) is -4.22. The molecule has 1 saturated carbocycles. The molecule has 1 rings (SSSR count). The predicted octanol–water partition coefficient (Wildman–Crippen LogP) is 1.29. The molecule has 4 nitrogen and oxygen atoms in total. The first-order valence-electron chi connectivity index (χ1n) is 3.78. The monoisotopic (exact) mass is 180 g/mol. The first kappa shape index (κ1) is 9.20.